The van der Waals surface area contributed by atoms with E-state index in [1.54, 1.807) is 0 Å². The van der Waals surface area contributed by atoms with E-state index < -0.39 is 0 Å². The maximum atomic E-state index is 12.4. The Kier molecular flexibility index (Phi) is 6.78. The minimum Gasteiger partial charge on any atom is -0.339 e. The zero-order valence-electron chi connectivity index (χ0n) is 14.7. The molecule has 1 aromatic rings. The van der Waals surface area contributed by atoms with Crippen molar-refractivity contribution in [3.63, 3.8) is 0 Å². The number of carbonyl (C=O) groups excluding carboxylic acids is 1. The molecule has 0 unspecified atom stereocenters. The van der Waals surface area contributed by atoms with Crippen LogP contribution in [0.15, 0.2) is 36.2 Å². The predicted octanol–water partition coefficient (Wildman–Crippen LogP) is 2.90. The first-order valence-corrected chi connectivity index (χ1v) is 8.67. The lowest BCUT2D eigenvalue weighted by Crippen LogP contribution is -2.46. The van der Waals surface area contributed by atoms with Crippen molar-refractivity contribution in [2.24, 2.45) is 0 Å². The Morgan fingerprint density at radius 2 is 2.00 bits per heavy atom. The summed E-state index contributed by atoms with van der Waals surface area (Å²) in [7, 11) is 1.95. The van der Waals surface area contributed by atoms with Gasteiger partial charge in [-0.25, -0.2) is 0 Å². The van der Waals surface area contributed by atoms with Crippen molar-refractivity contribution in [3.05, 3.63) is 41.7 Å². The zero-order chi connectivity index (χ0) is 16.7. The van der Waals surface area contributed by atoms with Crippen LogP contribution in [0.5, 0.6) is 0 Å². The monoisotopic (exact) mass is 315 g/mol. The quantitative estimate of drug-likeness (QED) is 0.757. The molecule has 0 aromatic carbocycles. The Morgan fingerprint density at radius 1 is 1.35 bits per heavy atom. The maximum absolute atomic E-state index is 12.4. The molecule has 4 nitrogen and oxygen atoms in total. The topological polar surface area (TPSA) is 36.4 Å². The minimum absolute atomic E-state index is 0.182. The third-order valence-electron chi connectivity index (χ3n) is 4.74. The molecule has 0 N–H and O–H groups in total. The molecule has 0 radical (unpaired) electrons. The highest BCUT2D eigenvalue weighted by Gasteiger charge is 2.25. The van der Waals surface area contributed by atoms with E-state index in [4.69, 9.17) is 0 Å². The second-order valence-corrected chi connectivity index (χ2v) is 6.39. The molecule has 1 aliphatic rings. The normalized spacial score (nSPS) is 17.3. The fourth-order valence-corrected chi connectivity index (χ4v) is 3.20. The van der Waals surface area contributed by atoms with Crippen molar-refractivity contribution < 1.29 is 4.79 Å². The summed E-state index contributed by atoms with van der Waals surface area (Å²) in [4.78, 5) is 20.9. The lowest BCUT2D eigenvalue weighted by atomic mass is 10.0. The number of allylic oxidation sites excluding steroid dienone is 1. The van der Waals surface area contributed by atoms with Gasteiger partial charge >= 0.3 is 0 Å². The highest BCUT2D eigenvalue weighted by atomic mass is 16.2. The minimum atomic E-state index is 0.182. The van der Waals surface area contributed by atoms with Gasteiger partial charge in [-0.1, -0.05) is 13.0 Å². The lowest BCUT2D eigenvalue weighted by molar-refractivity contribution is -0.128. The Balaban J connectivity index is 1.77. The van der Waals surface area contributed by atoms with Crippen LogP contribution in [-0.4, -0.2) is 53.4 Å². The number of nitrogens with zero attached hydrogens (tertiary/aromatic N) is 3. The average molecular weight is 315 g/mol. The maximum Gasteiger partial charge on any atom is 0.249 e. The number of amides is 1. The van der Waals surface area contributed by atoms with Crippen molar-refractivity contribution in [2.75, 3.05) is 26.7 Å². The van der Waals surface area contributed by atoms with Gasteiger partial charge in [-0.15, -0.1) is 0 Å². The van der Waals surface area contributed by atoms with Crippen molar-refractivity contribution in [1.82, 2.24) is 14.8 Å². The first-order valence-electron chi connectivity index (χ1n) is 8.67. The largest absolute Gasteiger partial charge is 0.339 e. The van der Waals surface area contributed by atoms with Crippen LogP contribution in [0.25, 0.3) is 0 Å². The van der Waals surface area contributed by atoms with Crippen LogP contribution < -0.4 is 0 Å². The summed E-state index contributed by atoms with van der Waals surface area (Å²) in [6.45, 7) is 7.22. The van der Waals surface area contributed by atoms with Gasteiger partial charge < -0.3 is 9.80 Å². The van der Waals surface area contributed by atoms with Crippen LogP contribution in [0.4, 0.5) is 0 Å². The standard InChI is InChI=1S/C19H29N3O/c1-4-5-16(2)19(23)21(3)18-9-14-22(15-10-18)13-8-17-6-11-20-12-7-17/h5-7,11-12,18H,4,8-10,13-15H2,1-3H3/b16-5-. The molecule has 126 valence electrons. The molecule has 4 heteroatoms. The number of likely N-dealkylation sites (N-methyl/N-ethyl adjacent to an activating group) is 1. The van der Waals surface area contributed by atoms with Gasteiger partial charge in [0.1, 0.15) is 0 Å². The van der Waals surface area contributed by atoms with Crippen molar-refractivity contribution in [1.29, 1.82) is 0 Å². The first-order chi connectivity index (χ1) is 11.1. The van der Waals surface area contributed by atoms with E-state index in [-0.39, 0.29) is 5.91 Å². The summed E-state index contributed by atoms with van der Waals surface area (Å²) in [5.41, 5.74) is 2.21. The second kappa shape index (κ2) is 8.82. The molecule has 2 rings (SSSR count). The fourth-order valence-electron chi connectivity index (χ4n) is 3.20. The summed E-state index contributed by atoms with van der Waals surface area (Å²) in [6, 6.07) is 4.55. The number of piperidine rings is 1. The molecular weight excluding hydrogens is 286 g/mol. The van der Waals surface area contributed by atoms with Gasteiger partial charge in [0.2, 0.25) is 5.91 Å². The Morgan fingerprint density at radius 3 is 2.61 bits per heavy atom. The van der Waals surface area contributed by atoms with Crippen molar-refractivity contribution in [3.8, 4) is 0 Å². The molecular formula is C19H29N3O. The van der Waals surface area contributed by atoms with E-state index in [1.165, 1.54) is 5.56 Å². The van der Waals surface area contributed by atoms with Gasteiger partial charge in [0.15, 0.2) is 0 Å². The van der Waals surface area contributed by atoms with E-state index in [9.17, 15) is 4.79 Å². The van der Waals surface area contributed by atoms with Crippen LogP contribution >= 0.6 is 0 Å². The first kappa shape index (κ1) is 17.7. The van der Waals surface area contributed by atoms with Crippen molar-refractivity contribution in [2.45, 2.75) is 45.6 Å². The highest BCUT2D eigenvalue weighted by Crippen LogP contribution is 2.17. The number of rotatable bonds is 6. The molecule has 1 aromatic heterocycles. The van der Waals surface area contributed by atoms with Crippen LogP contribution in [0, 0.1) is 0 Å². The summed E-state index contributed by atoms with van der Waals surface area (Å²) in [6.07, 6.45) is 9.85. The van der Waals surface area contributed by atoms with Crippen molar-refractivity contribution >= 4 is 5.91 Å². The van der Waals surface area contributed by atoms with Crippen LogP contribution in [0.2, 0.25) is 0 Å². The van der Waals surface area contributed by atoms with Crippen LogP contribution in [0.3, 0.4) is 0 Å². The number of aromatic nitrogens is 1. The summed E-state index contributed by atoms with van der Waals surface area (Å²) in [5, 5.41) is 0. The number of likely N-dealkylation sites (tertiary alicyclic amines) is 1. The van der Waals surface area contributed by atoms with E-state index in [1.807, 2.05) is 37.3 Å². The molecule has 2 heterocycles. The summed E-state index contributed by atoms with van der Waals surface area (Å²) in [5.74, 6) is 0.182. The SMILES string of the molecule is CC/C=C(/C)C(=O)N(C)C1CCN(CCc2ccncc2)CC1. The number of hydrogen-bond donors (Lipinski definition) is 0. The lowest BCUT2D eigenvalue weighted by Gasteiger charge is -2.37. The smallest absolute Gasteiger partial charge is 0.249 e. The molecule has 1 fully saturated rings. The van der Waals surface area contributed by atoms with Gasteiger partial charge in [-0.2, -0.15) is 0 Å². The van der Waals surface area contributed by atoms with Crippen LogP contribution in [0.1, 0.15) is 38.7 Å². The Bertz CT molecular complexity index is 519. The molecule has 1 amide bonds. The molecule has 0 aliphatic carbocycles. The van der Waals surface area contributed by atoms with Gasteiger partial charge in [0.05, 0.1) is 0 Å². The Hall–Kier alpha value is -1.68. The van der Waals surface area contributed by atoms with Gasteiger partial charge in [-0.05, 0) is 50.3 Å². The van der Waals surface area contributed by atoms with E-state index in [0.717, 1.165) is 50.9 Å². The number of hydrogen-bond acceptors (Lipinski definition) is 3. The zero-order valence-corrected chi connectivity index (χ0v) is 14.7. The number of pyridine rings is 1. The third kappa shape index (κ3) is 5.17. The van der Waals surface area contributed by atoms with Gasteiger partial charge in [-0.3, -0.25) is 9.78 Å². The molecule has 0 bridgehead atoms. The second-order valence-electron chi connectivity index (χ2n) is 6.39. The average Bonchev–Trinajstić information content (AvgIpc) is 2.60. The molecule has 23 heavy (non-hydrogen) atoms. The molecule has 1 saturated heterocycles. The van der Waals surface area contributed by atoms with E-state index in [0.29, 0.717) is 6.04 Å². The molecule has 0 saturated carbocycles. The molecule has 1 aliphatic heterocycles. The fraction of sp³-hybridized carbons (Fsp3) is 0.579. The predicted molar refractivity (Wildman–Crippen MR) is 94.2 cm³/mol. The van der Waals surface area contributed by atoms with Crippen LogP contribution in [-0.2, 0) is 11.2 Å². The van der Waals surface area contributed by atoms with E-state index in [2.05, 4.69) is 28.9 Å². The van der Waals surface area contributed by atoms with E-state index >= 15 is 0 Å². The van der Waals surface area contributed by atoms with Gasteiger partial charge in [0.25, 0.3) is 0 Å². The molecule has 0 atom stereocenters. The highest BCUT2D eigenvalue weighted by molar-refractivity contribution is 5.92. The summed E-state index contributed by atoms with van der Waals surface area (Å²) >= 11 is 0. The third-order valence-corrected chi connectivity index (χ3v) is 4.74. The molecule has 0 spiro atoms. The Labute approximate surface area is 140 Å². The van der Waals surface area contributed by atoms with Gasteiger partial charge in [0, 0.05) is 50.7 Å². The summed E-state index contributed by atoms with van der Waals surface area (Å²) < 4.78 is 0. The number of carbonyl (C=O) groups is 1.